The van der Waals surface area contributed by atoms with E-state index in [1.54, 1.807) is 31.3 Å². The number of halogens is 1. The molecule has 0 atom stereocenters. The summed E-state index contributed by atoms with van der Waals surface area (Å²) in [7, 11) is -2.36. The minimum Gasteiger partial charge on any atom is -0.340 e. The van der Waals surface area contributed by atoms with Gasteiger partial charge in [-0.25, -0.2) is 12.8 Å². The first-order valence-corrected chi connectivity index (χ1v) is 10.9. The van der Waals surface area contributed by atoms with Crippen molar-refractivity contribution in [3.05, 3.63) is 102 Å². The van der Waals surface area contributed by atoms with Crippen molar-refractivity contribution in [2.45, 2.75) is 18.0 Å². The molecule has 0 spiro atoms. The van der Waals surface area contributed by atoms with Gasteiger partial charge in [0.2, 0.25) is 15.9 Å². The second-order valence-electron chi connectivity index (χ2n) is 6.95. The molecular weight excluding hydrogens is 403 g/mol. The molecule has 0 unspecified atom stereocenters. The maximum absolute atomic E-state index is 13.3. The molecule has 0 aliphatic rings. The summed E-state index contributed by atoms with van der Waals surface area (Å²) in [5.41, 5.74) is 1.70. The van der Waals surface area contributed by atoms with Crippen LogP contribution in [0, 0.1) is 5.82 Å². The Kier molecular flexibility index (Phi) is 6.97. The number of sulfonamides is 1. The Morgan fingerprint density at radius 3 is 1.83 bits per heavy atom. The zero-order valence-corrected chi connectivity index (χ0v) is 17.4. The summed E-state index contributed by atoms with van der Waals surface area (Å²) in [4.78, 5) is 14.3. The summed E-state index contributed by atoms with van der Waals surface area (Å²) in [6.07, 6.45) is 0. The normalized spacial score (nSPS) is 11.4. The predicted molar refractivity (Wildman–Crippen MR) is 113 cm³/mol. The van der Waals surface area contributed by atoms with Gasteiger partial charge in [0.05, 0.1) is 11.4 Å². The third kappa shape index (κ3) is 5.52. The van der Waals surface area contributed by atoms with E-state index in [-0.39, 0.29) is 23.9 Å². The molecule has 0 aromatic heterocycles. The predicted octanol–water partition coefficient (Wildman–Crippen LogP) is 3.68. The van der Waals surface area contributed by atoms with E-state index in [1.165, 1.54) is 17.0 Å². The topological polar surface area (TPSA) is 57.7 Å². The fourth-order valence-electron chi connectivity index (χ4n) is 2.99. The summed E-state index contributed by atoms with van der Waals surface area (Å²) in [5, 5.41) is 0. The highest BCUT2D eigenvalue weighted by atomic mass is 32.2. The lowest BCUT2D eigenvalue weighted by Gasteiger charge is -2.25. The van der Waals surface area contributed by atoms with Crippen LogP contribution in [0.25, 0.3) is 0 Å². The second-order valence-corrected chi connectivity index (χ2v) is 8.89. The number of rotatable bonds is 8. The van der Waals surface area contributed by atoms with Crippen LogP contribution < -0.4 is 0 Å². The molecule has 5 nitrogen and oxygen atoms in total. The van der Waals surface area contributed by atoms with Crippen LogP contribution >= 0.6 is 0 Å². The molecule has 0 heterocycles. The van der Waals surface area contributed by atoms with Gasteiger partial charge in [-0.15, -0.1) is 0 Å². The van der Waals surface area contributed by atoms with Gasteiger partial charge in [0.25, 0.3) is 0 Å². The summed E-state index contributed by atoms with van der Waals surface area (Å²) in [6.45, 7) is 0.0822. The molecule has 30 heavy (non-hydrogen) atoms. The van der Waals surface area contributed by atoms with Crippen LogP contribution in [0.4, 0.5) is 4.39 Å². The summed E-state index contributed by atoms with van der Waals surface area (Å²) in [6, 6.07) is 23.1. The van der Waals surface area contributed by atoms with Crippen molar-refractivity contribution < 1.29 is 17.6 Å². The quantitative estimate of drug-likeness (QED) is 0.552. The molecule has 7 heteroatoms. The molecule has 0 radical (unpaired) electrons. The number of carbonyl (C=O) groups is 1. The maximum Gasteiger partial charge on any atom is 0.243 e. The van der Waals surface area contributed by atoms with E-state index < -0.39 is 15.8 Å². The minimum atomic E-state index is -4.00. The zero-order chi connectivity index (χ0) is 21.6. The van der Waals surface area contributed by atoms with Crippen molar-refractivity contribution in [3.63, 3.8) is 0 Å². The van der Waals surface area contributed by atoms with Gasteiger partial charge in [0.1, 0.15) is 5.82 Å². The SMILES string of the molecule is CN(Cc1ccccc1)C(=O)CN(Cc1ccccc1)S(=O)(=O)c1ccc(F)cc1. The fraction of sp³-hybridized carbons (Fsp3) is 0.174. The number of benzene rings is 3. The van der Waals surface area contributed by atoms with Gasteiger partial charge in [0, 0.05) is 20.1 Å². The lowest BCUT2D eigenvalue weighted by molar-refractivity contribution is -0.130. The Bertz CT molecular complexity index is 1070. The van der Waals surface area contributed by atoms with E-state index in [0.29, 0.717) is 6.54 Å². The van der Waals surface area contributed by atoms with Crippen LogP contribution in [0.1, 0.15) is 11.1 Å². The number of likely N-dealkylation sites (N-methyl/N-ethyl adjacent to an activating group) is 1. The fourth-order valence-corrected chi connectivity index (χ4v) is 4.36. The van der Waals surface area contributed by atoms with Gasteiger partial charge in [-0.1, -0.05) is 60.7 Å². The number of amides is 1. The minimum absolute atomic E-state index is 0.0332. The van der Waals surface area contributed by atoms with Crippen molar-refractivity contribution in [1.82, 2.24) is 9.21 Å². The molecule has 0 saturated carbocycles. The van der Waals surface area contributed by atoms with Gasteiger partial charge in [-0.2, -0.15) is 4.31 Å². The molecule has 3 rings (SSSR count). The van der Waals surface area contributed by atoms with Gasteiger partial charge >= 0.3 is 0 Å². The number of hydrogen-bond donors (Lipinski definition) is 0. The van der Waals surface area contributed by atoms with Crippen LogP contribution in [0.5, 0.6) is 0 Å². The molecule has 1 amide bonds. The Morgan fingerprint density at radius 2 is 1.30 bits per heavy atom. The maximum atomic E-state index is 13.3. The third-order valence-electron chi connectivity index (χ3n) is 4.65. The Balaban J connectivity index is 1.83. The monoisotopic (exact) mass is 426 g/mol. The highest BCUT2D eigenvalue weighted by molar-refractivity contribution is 7.89. The molecule has 156 valence electrons. The van der Waals surface area contributed by atoms with Gasteiger partial charge < -0.3 is 4.90 Å². The largest absolute Gasteiger partial charge is 0.340 e. The molecule has 0 saturated heterocycles. The van der Waals surface area contributed by atoms with E-state index in [2.05, 4.69) is 0 Å². The molecular formula is C23H23FN2O3S. The van der Waals surface area contributed by atoms with Crippen molar-refractivity contribution >= 4 is 15.9 Å². The first kappa shape index (κ1) is 21.7. The Morgan fingerprint density at radius 1 is 0.800 bits per heavy atom. The van der Waals surface area contributed by atoms with E-state index in [0.717, 1.165) is 27.6 Å². The highest BCUT2D eigenvalue weighted by Gasteiger charge is 2.28. The van der Waals surface area contributed by atoms with E-state index in [4.69, 9.17) is 0 Å². The lowest BCUT2D eigenvalue weighted by Crippen LogP contribution is -2.40. The van der Waals surface area contributed by atoms with Crippen LogP contribution in [0.15, 0.2) is 89.8 Å². The Hall–Kier alpha value is -3.03. The first-order chi connectivity index (χ1) is 14.4. The molecule has 0 bridgehead atoms. The second kappa shape index (κ2) is 9.65. The highest BCUT2D eigenvalue weighted by Crippen LogP contribution is 2.19. The number of carbonyl (C=O) groups excluding carboxylic acids is 1. The molecule has 0 aliphatic heterocycles. The third-order valence-corrected chi connectivity index (χ3v) is 6.46. The van der Waals surface area contributed by atoms with E-state index in [1.807, 2.05) is 36.4 Å². The Labute approximate surface area is 176 Å². The van der Waals surface area contributed by atoms with Gasteiger partial charge in [-0.05, 0) is 35.4 Å². The van der Waals surface area contributed by atoms with E-state index >= 15 is 0 Å². The summed E-state index contributed by atoms with van der Waals surface area (Å²) in [5.74, 6) is -0.859. The van der Waals surface area contributed by atoms with Crippen LogP contribution in [0.2, 0.25) is 0 Å². The van der Waals surface area contributed by atoms with Crippen molar-refractivity contribution in [2.24, 2.45) is 0 Å². The van der Waals surface area contributed by atoms with Crippen LogP contribution in [-0.4, -0.2) is 37.1 Å². The summed E-state index contributed by atoms with van der Waals surface area (Å²) < 4.78 is 40.8. The molecule has 3 aromatic carbocycles. The van der Waals surface area contributed by atoms with Crippen molar-refractivity contribution in [3.8, 4) is 0 Å². The van der Waals surface area contributed by atoms with Crippen molar-refractivity contribution in [2.75, 3.05) is 13.6 Å². The number of hydrogen-bond acceptors (Lipinski definition) is 3. The van der Waals surface area contributed by atoms with Gasteiger partial charge in [-0.3, -0.25) is 4.79 Å². The number of nitrogens with zero attached hydrogens (tertiary/aromatic N) is 2. The first-order valence-electron chi connectivity index (χ1n) is 9.44. The van der Waals surface area contributed by atoms with E-state index in [9.17, 15) is 17.6 Å². The average Bonchev–Trinajstić information content (AvgIpc) is 2.75. The molecule has 0 N–H and O–H groups in total. The van der Waals surface area contributed by atoms with Crippen molar-refractivity contribution in [1.29, 1.82) is 0 Å². The van der Waals surface area contributed by atoms with Crippen LogP contribution in [0.3, 0.4) is 0 Å². The average molecular weight is 427 g/mol. The smallest absolute Gasteiger partial charge is 0.243 e. The summed E-state index contributed by atoms with van der Waals surface area (Å²) >= 11 is 0. The van der Waals surface area contributed by atoms with Crippen LogP contribution in [-0.2, 0) is 27.9 Å². The standard InChI is InChI=1S/C23H23FN2O3S/c1-25(16-19-8-4-2-5-9-19)23(27)18-26(17-20-10-6-3-7-11-20)30(28,29)22-14-12-21(24)13-15-22/h2-15H,16-18H2,1H3. The van der Waals surface area contributed by atoms with Gasteiger partial charge in [0.15, 0.2) is 0 Å². The molecule has 0 aliphatic carbocycles. The lowest BCUT2D eigenvalue weighted by atomic mass is 10.2. The molecule has 0 fully saturated rings. The zero-order valence-electron chi connectivity index (χ0n) is 16.6. The molecule has 3 aromatic rings.